The molecule has 0 bridgehead atoms. The molecule has 6 saturated carbocycles. The highest BCUT2D eigenvalue weighted by atomic mass is 16.3. The van der Waals surface area contributed by atoms with E-state index in [2.05, 4.69) is 36.5 Å². The van der Waals surface area contributed by atoms with Crippen LogP contribution >= 0.6 is 0 Å². The summed E-state index contributed by atoms with van der Waals surface area (Å²) >= 11 is 0. The fraction of sp³-hybridized carbons (Fsp3) is 0.787. The number of fused-ring (bicyclic) bond motifs is 7. The molecule has 1 aromatic heterocycles. The second-order valence-corrected chi connectivity index (χ2v) is 21.0. The van der Waals surface area contributed by atoms with Crippen molar-refractivity contribution in [3.8, 4) is 0 Å². The van der Waals surface area contributed by atoms with Gasteiger partial charge in [0.15, 0.2) is 5.78 Å². The van der Waals surface area contributed by atoms with E-state index in [1.165, 1.54) is 70.6 Å². The van der Waals surface area contributed by atoms with Gasteiger partial charge in [-0.3, -0.25) is 4.79 Å². The van der Waals surface area contributed by atoms with Crippen molar-refractivity contribution in [1.29, 1.82) is 0 Å². The Morgan fingerprint density at radius 1 is 0.815 bits per heavy atom. The third-order valence-electron chi connectivity index (χ3n) is 18.7. The van der Waals surface area contributed by atoms with Crippen molar-refractivity contribution in [2.24, 2.45) is 57.7 Å². The fourth-order valence-corrected chi connectivity index (χ4v) is 16.2. The van der Waals surface area contributed by atoms with Crippen molar-refractivity contribution < 1.29 is 25.2 Å². The molecule has 0 saturated heterocycles. The van der Waals surface area contributed by atoms with Crippen molar-refractivity contribution in [3.63, 3.8) is 0 Å². The van der Waals surface area contributed by atoms with Gasteiger partial charge in [-0.25, -0.2) is 4.98 Å². The average molecular weight is 739 g/mol. The topological polar surface area (TPSA) is 116 Å². The number of aliphatic hydroxyl groups excluding tert-OH is 3. The number of aliphatic hydroxyl groups is 4. The minimum atomic E-state index is -1.10. The molecular weight excluding hydrogens is 673 g/mol. The number of nitrogens with zero attached hydrogens (tertiary/aromatic N) is 2. The molecule has 0 radical (unpaired) electrons. The summed E-state index contributed by atoms with van der Waals surface area (Å²) < 4.78 is 2.37. The van der Waals surface area contributed by atoms with Crippen LogP contribution < -0.4 is 0 Å². The summed E-state index contributed by atoms with van der Waals surface area (Å²) in [6, 6.07) is 0.421. The highest BCUT2D eigenvalue weighted by molar-refractivity contribution is 5.95. The molecule has 7 nitrogen and oxygen atoms in total. The minimum Gasteiger partial charge on any atom is -0.392 e. The molecule has 15 atom stereocenters. The molecule has 1 heterocycles. The molecule has 0 aromatic carbocycles. The summed E-state index contributed by atoms with van der Waals surface area (Å²) in [5.74, 6) is 1.14. The normalized spacial score (nSPS) is 50.3. The number of allylic oxidation sites excluding steroid dienone is 3. The largest absolute Gasteiger partial charge is 0.392 e. The molecule has 10 rings (SSSR count). The highest BCUT2D eigenvalue weighted by Crippen LogP contribution is 2.71. The van der Waals surface area contributed by atoms with E-state index in [4.69, 9.17) is 0 Å². The Kier molecular flexibility index (Phi) is 8.55. The van der Waals surface area contributed by atoms with E-state index < -0.39 is 34.7 Å². The number of hydrogen-bond donors (Lipinski definition) is 4. The maximum absolute atomic E-state index is 13.9. The molecule has 54 heavy (non-hydrogen) atoms. The van der Waals surface area contributed by atoms with E-state index in [0.717, 1.165) is 37.7 Å². The number of carbonyl (C=O) groups excluding carboxylic acids is 1. The van der Waals surface area contributed by atoms with Crippen LogP contribution in [-0.4, -0.2) is 59.7 Å². The first-order chi connectivity index (χ1) is 25.9. The molecule has 294 valence electrons. The fourth-order valence-electron chi connectivity index (χ4n) is 16.2. The summed E-state index contributed by atoms with van der Waals surface area (Å²) in [6.45, 7) is 7.03. The molecule has 0 spiro atoms. The SMILES string of the molecule is CC1(C2=C3CCCCC3C3=C4C(CCC3)CC(C3CCC5(O)C6=CC(=O)C7CC(O)C(O)CC7(C)C6CCC35C)C(O)C42)CCCCC(n2ccnc2)C1. The van der Waals surface area contributed by atoms with Crippen LogP contribution in [0.5, 0.6) is 0 Å². The van der Waals surface area contributed by atoms with Gasteiger partial charge in [0.1, 0.15) is 0 Å². The monoisotopic (exact) mass is 738 g/mol. The minimum absolute atomic E-state index is 0.0141. The Labute approximate surface area is 322 Å². The number of aromatic nitrogens is 2. The third-order valence-corrected chi connectivity index (χ3v) is 18.7. The lowest BCUT2D eigenvalue weighted by molar-refractivity contribution is -0.156. The first kappa shape index (κ1) is 36.3. The molecule has 4 N–H and O–H groups in total. The summed E-state index contributed by atoms with van der Waals surface area (Å²) in [7, 11) is 0. The van der Waals surface area contributed by atoms with Crippen LogP contribution in [0.3, 0.4) is 0 Å². The zero-order valence-corrected chi connectivity index (χ0v) is 33.2. The second-order valence-electron chi connectivity index (χ2n) is 21.0. The van der Waals surface area contributed by atoms with Crippen LogP contribution in [0.2, 0.25) is 0 Å². The van der Waals surface area contributed by atoms with E-state index >= 15 is 0 Å². The van der Waals surface area contributed by atoms with Gasteiger partial charge in [-0.05, 0) is 149 Å². The standard InChI is InChI=1S/C47H66N2O5/c1-44(16-7-6-10-28(24-44)49-20-19-48-26-49)42-31-12-5-4-11-29(31)30-13-8-9-27-21-32(43(53)41(42)40(27)30)33-15-18-47(54)35-22-37(50)36-23-38(51)39(52)25-45(36,2)34(35)14-17-46(33,47)3/h19-20,22,26-29,32-34,36,38-39,41,43,51-54H,4-18,21,23-25H2,1-3H3. The lowest BCUT2D eigenvalue weighted by Crippen LogP contribution is -2.61. The predicted molar refractivity (Wildman–Crippen MR) is 208 cm³/mol. The van der Waals surface area contributed by atoms with Crippen LogP contribution in [0, 0.1) is 57.7 Å². The van der Waals surface area contributed by atoms with Crippen molar-refractivity contribution in [2.45, 2.75) is 173 Å². The van der Waals surface area contributed by atoms with Gasteiger partial charge in [-0.1, -0.05) is 62.3 Å². The van der Waals surface area contributed by atoms with E-state index in [0.29, 0.717) is 37.1 Å². The molecule has 6 fully saturated rings. The first-order valence-electron chi connectivity index (χ1n) is 22.3. The number of hydrogen-bond acceptors (Lipinski definition) is 6. The van der Waals surface area contributed by atoms with Crippen LogP contribution in [0.1, 0.15) is 149 Å². The van der Waals surface area contributed by atoms with Crippen molar-refractivity contribution in [1.82, 2.24) is 9.55 Å². The molecule has 9 aliphatic rings. The Hall–Kier alpha value is -2.06. The number of ketones is 1. The van der Waals surface area contributed by atoms with Gasteiger partial charge in [-0.15, -0.1) is 0 Å². The van der Waals surface area contributed by atoms with Crippen molar-refractivity contribution in [2.75, 3.05) is 0 Å². The molecule has 7 heteroatoms. The van der Waals surface area contributed by atoms with Crippen LogP contribution in [0.4, 0.5) is 0 Å². The summed E-state index contributed by atoms with van der Waals surface area (Å²) in [5.41, 5.74) is 5.62. The van der Waals surface area contributed by atoms with Gasteiger partial charge < -0.3 is 25.0 Å². The molecule has 9 aliphatic carbocycles. The van der Waals surface area contributed by atoms with Gasteiger partial charge >= 0.3 is 0 Å². The van der Waals surface area contributed by atoms with Crippen molar-refractivity contribution >= 4 is 5.78 Å². The second kappa shape index (κ2) is 12.7. The van der Waals surface area contributed by atoms with Crippen LogP contribution in [0.25, 0.3) is 0 Å². The maximum atomic E-state index is 13.9. The highest BCUT2D eigenvalue weighted by Gasteiger charge is 2.68. The van der Waals surface area contributed by atoms with Gasteiger partial charge in [0.05, 0.1) is 30.2 Å². The summed E-state index contributed by atoms with van der Waals surface area (Å²) in [5, 5.41) is 47.9. The number of rotatable bonds is 3. The van der Waals surface area contributed by atoms with Crippen molar-refractivity contribution in [3.05, 3.63) is 52.7 Å². The van der Waals surface area contributed by atoms with E-state index in [1.807, 2.05) is 12.5 Å². The number of carbonyl (C=O) groups is 1. The third kappa shape index (κ3) is 4.98. The molecule has 1 aromatic rings. The lowest BCUT2D eigenvalue weighted by Gasteiger charge is -2.61. The Balaban J connectivity index is 1.04. The Morgan fingerprint density at radius 2 is 1.63 bits per heavy atom. The predicted octanol–water partition coefficient (Wildman–Crippen LogP) is 8.19. The van der Waals surface area contributed by atoms with Gasteiger partial charge in [0, 0.05) is 41.6 Å². The summed E-state index contributed by atoms with van der Waals surface area (Å²) in [4.78, 5) is 18.4. The first-order valence-corrected chi connectivity index (χ1v) is 22.3. The smallest absolute Gasteiger partial charge is 0.159 e. The van der Waals surface area contributed by atoms with E-state index in [-0.39, 0.29) is 40.8 Å². The quantitative estimate of drug-likeness (QED) is 0.184. The number of imidazole rings is 1. The molecule has 0 amide bonds. The van der Waals surface area contributed by atoms with Gasteiger partial charge in [0.2, 0.25) is 0 Å². The van der Waals surface area contributed by atoms with Crippen LogP contribution in [0.15, 0.2) is 52.7 Å². The molecule has 0 aliphatic heterocycles. The Morgan fingerprint density at radius 3 is 2.44 bits per heavy atom. The van der Waals surface area contributed by atoms with E-state index in [1.54, 1.807) is 28.4 Å². The maximum Gasteiger partial charge on any atom is 0.159 e. The summed E-state index contributed by atoms with van der Waals surface area (Å²) in [6.07, 6.45) is 25.3. The average Bonchev–Trinajstić information content (AvgIpc) is 3.73. The van der Waals surface area contributed by atoms with E-state index in [9.17, 15) is 25.2 Å². The molecule has 15 unspecified atom stereocenters. The zero-order chi connectivity index (χ0) is 37.4. The molecular formula is C47H66N2O5. The van der Waals surface area contributed by atoms with Crippen LogP contribution in [-0.2, 0) is 4.79 Å². The zero-order valence-electron chi connectivity index (χ0n) is 33.2. The Bertz CT molecular complexity index is 1780. The van der Waals surface area contributed by atoms with Gasteiger partial charge in [-0.2, -0.15) is 0 Å². The lowest BCUT2D eigenvalue weighted by atomic mass is 9.44. The van der Waals surface area contributed by atoms with Gasteiger partial charge in [0.25, 0.3) is 0 Å².